The number of nitrogens with one attached hydrogen (secondary N) is 1. The first-order chi connectivity index (χ1) is 9.76. The van der Waals surface area contributed by atoms with E-state index in [4.69, 9.17) is 5.11 Å². The molecule has 0 aliphatic heterocycles. The van der Waals surface area contributed by atoms with E-state index in [0.29, 0.717) is 5.56 Å². The molecule has 7 heteroatoms. The molecule has 2 N–H and O–H groups in total. The standard InChI is InChI=1S/C14H19NO5S/c1-3-21(19,20)9-12(16)15-13(10(2)14(17)18)11-7-5-4-6-8-11/h4-8,10,13H,3,9H2,1-2H3,(H,15,16)(H,17,18). The molecule has 2 unspecified atom stereocenters. The van der Waals surface area contributed by atoms with Gasteiger partial charge in [0, 0.05) is 5.75 Å². The highest BCUT2D eigenvalue weighted by atomic mass is 32.2. The second-order valence-electron chi connectivity index (χ2n) is 4.76. The van der Waals surface area contributed by atoms with E-state index in [2.05, 4.69) is 5.32 Å². The van der Waals surface area contributed by atoms with E-state index in [0.717, 1.165) is 0 Å². The number of carboxylic acids is 1. The number of amides is 1. The summed E-state index contributed by atoms with van der Waals surface area (Å²) in [5.41, 5.74) is 0.620. The fourth-order valence-electron chi connectivity index (χ4n) is 1.82. The third-order valence-corrected chi connectivity index (χ3v) is 4.74. The van der Waals surface area contributed by atoms with Crippen LogP contribution in [-0.4, -0.2) is 36.9 Å². The van der Waals surface area contributed by atoms with Crippen LogP contribution in [0.1, 0.15) is 25.5 Å². The molecule has 0 aliphatic rings. The van der Waals surface area contributed by atoms with Gasteiger partial charge in [0.1, 0.15) is 5.75 Å². The minimum atomic E-state index is -3.45. The lowest BCUT2D eigenvalue weighted by Crippen LogP contribution is -2.38. The fourth-order valence-corrected chi connectivity index (χ4v) is 2.50. The molecule has 116 valence electrons. The average molecular weight is 313 g/mol. The Morgan fingerprint density at radius 3 is 2.29 bits per heavy atom. The Morgan fingerprint density at radius 2 is 1.81 bits per heavy atom. The van der Waals surface area contributed by atoms with Gasteiger partial charge in [0.05, 0.1) is 12.0 Å². The van der Waals surface area contributed by atoms with Crippen molar-refractivity contribution in [3.63, 3.8) is 0 Å². The van der Waals surface area contributed by atoms with Crippen LogP contribution in [0.3, 0.4) is 0 Å². The smallest absolute Gasteiger partial charge is 0.308 e. The lowest BCUT2D eigenvalue weighted by molar-refractivity contribution is -0.142. The van der Waals surface area contributed by atoms with Crippen molar-refractivity contribution < 1.29 is 23.1 Å². The normalized spacial score (nSPS) is 14.2. The highest BCUT2D eigenvalue weighted by Crippen LogP contribution is 2.22. The summed E-state index contributed by atoms with van der Waals surface area (Å²) in [5, 5.41) is 11.6. The molecule has 0 aromatic heterocycles. The van der Waals surface area contributed by atoms with Gasteiger partial charge in [0.25, 0.3) is 0 Å². The zero-order valence-corrected chi connectivity index (χ0v) is 12.8. The molecule has 1 aromatic rings. The summed E-state index contributed by atoms with van der Waals surface area (Å²) in [5.74, 6) is -3.41. The maximum Gasteiger partial charge on any atom is 0.308 e. The predicted molar refractivity (Wildman–Crippen MR) is 78.5 cm³/mol. The number of sulfone groups is 1. The molecule has 0 spiro atoms. The number of hydrogen-bond donors (Lipinski definition) is 2. The summed E-state index contributed by atoms with van der Waals surface area (Å²) in [4.78, 5) is 23.0. The maximum atomic E-state index is 11.8. The number of rotatable bonds is 7. The first kappa shape index (κ1) is 17.2. The van der Waals surface area contributed by atoms with Crippen LogP contribution in [-0.2, 0) is 19.4 Å². The van der Waals surface area contributed by atoms with Gasteiger partial charge in [-0.3, -0.25) is 9.59 Å². The van der Waals surface area contributed by atoms with Gasteiger partial charge in [-0.1, -0.05) is 37.3 Å². The van der Waals surface area contributed by atoms with Gasteiger partial charge < -0.3 is 10.4 Å². The quantitative estimate of drug-likeness (QED) is 0.782. The Hall–Kier alpha value is -1.89. The first-order valence-electron chi connectivity index (χ1n) is 6.54. The topological polar surface area (TPSA) is 101 Å². The largest absolute Gasteiger partial charge is 0.481 e. The van der Waals surface area contributed by atoms with Crippen LogP contribution < -0.4 is 5.32 Å². The van der Waals surface area contributed by atoms with Crippen LogP contribution >= 0.6 is 0 Å². The summed E-state index contributed by atoms with van der Waals surface area (Å²) in [6, 6.07) is 7.84. The third-order valence-electron chi connectivity index (χ3n) is 3.16. The molecular weight excluding hydrogens is 294 g/mol. The number of aliphatic carboxylic acids is 1. The Bertz CT molecular complexity index is 597. The van der Waals surface area contributed by atoms with Gasteiger partial charge in [0.15, 0.2) is 9.84 Å². The van der Waals surface area contributed by atoms with E-state index in [1.54, 1.807) is 30.3 Å². The molecule has 1 rings (SSSR count). The van der Waals surface area contributed by atoms with E-state index >= 15 is 0 Å². The summed E-state index contributed by atoms with van der Waals surface area (Å²) < 4.78 is 22.9. The second-order valence-corrected chi connectivity index (χ2v) is 7.11. The van der Waals surface area contributed by atoms with Crippen molar-refractivity contribution in [3.05, 3.63) is 35.9 Å². The lowest BCUT2D eigenvalue weighted by Gasteiger charge is -2.22. The molecule has 0 aliphatic carbocycles. The minimum absolute atomic E-state index is 0.134. The summed E-state index contributed by atoms with van der Waals surface area (Å²) >= 11 is 0. The van der Waals surface area contributed by atoms with Gasteiger partial charge in [-0.2, -0.15) is 0 Å². The Labute approximate surface area is 124 Å². The van der Waals surface area contributed by atoms with E-state index in [1.165, 1.54) is 13.8 Å². The molecule has 0 heterocycles. The molecule has 6 nitrogen and oxygen atoms in total. The van der Waals surface area contributed by atoms with Crippen LogP contribution in [0.15, 0.2) is 30.3 Å². The van der Waals surface area contributed by atoms with Crippen LogP contribution in [0.4, 0.5) is 0 Å². The van der Waals surface area contributed by atoms with Crippen molar-refractivity contribution in [2.24, 2.45) is 5.92 Å². The third kappa shape index (κ3) is 5.18. The van der Waals surface area contributed by atoms with Crippen molar-refractivity contribution >= 4 is 21.7 Å². The minimum Gasteiger partial charge on any atom is -0.481 e. The van der Waals surface area contributed by atoms with Gasteiger partial charge in [-0.15, -0.1) is 0 Å². The maximum absolute atomic E-state index is 11.8. The van der Waals surface area contributed by atoms with Crippen LogP contribution in [0.2, 0.25) is 0 Å². The van der Waals surface area contributed by atoms with Crippen LogP contribution in [0.5, 0.6) is 0 Å². The number of benzene rings is 1. The molecule has 1 aromatic carbocycles. The molecule has 0 radical (unpaired) electrons. The van der Waals surface area contributed by atoms with E-state index < -0.39 is 39.4 Å². The van der Waals surface area contributed by atoms with Gasteiger partial charge in [-0.25, -0.2) is 8.42 Å². The first-order valence-corrected chi connectivity index (χ1v) is 8.36. The molecule has 21 heavy (non-hydrogen) atoms. The summed E-state index contributed by atoms with van der Waals surface area (Å²) in [7, 11) is -3.45. The average Bonchev–Trinajstić information content (AvgIpc) is 2.44. The zero-order valence-electron chi connectivity index (χ0n) is 11.9. The highest BCUT2D eigenvalue weighted by Gasteiger charge is 2.27. The van der Waals surface area contributed by atoms with Crippen molar-refractivity contribution in [3.8, 4) is 0 Å². The number of carbonyl (C=O) groups excluding carboxylic acids is 1. The zero-order chi connectivity index (χ0) is 16.0. The number of hydrogen-bond acceptors (Lipinski definition) is 4. The molecule has 0 fully saturated rings. The van der Waals surface area contributed by atoms with Crippen molar-refractivity contribution in [1.82, 2.24) is 5.32 Å². The fraction of sp³-hybridized carbons (Fsp3) is 0.429. The predicted octanol–water partition coefficient (Wildman–Crippen LogP) is 0.999. The van der Waals surface area contributed by atoms with Gasteiger partial charge >= 0.3 is 5.97 Å². The second kappa shape index (κ2) is 7.21. The summed E-state index contributed by atoms with van der Waals surface area (Å²) in [6.07, 6.45) is 0. The Kier molecular flexibility index (Phi) is 5.90. The van der Waals surface area contributed by atoms with E-state index in [9.17, 15) is 18.0 Å². The van der Waals surface area contributed by atoms with Crippen LogP contribution in [0.25, 0.3) is 0 Å². The van der Waals surface area contributed by atoms with Gasteiger partial charge in [0.2, 0.25) is 5.91 Å². The van der Waals surface area contributed by atoms with E-state index in [1.807, 2.05) is 0 Å². The molecular formula is C14H19NO5S. The van der Waals surface area contributed by atoms with E-state index in [-0.39, 0.29) is 5.75 Å². The van der Waals surface area contributed by atoms with Crippen molar-refractivity contribution in [2.75, 3.05) is 11.5 Å². The Morgan fingerprint density at radius 1 is 1.24 bits per heavy atom. The SMILES string of the molecule is CCS(=O)(=O)CC(=O)NC(c1ccccc1)C(C)C(=O)O. The van der Waals surface area contributed by atoms with Crippen molar-refractivity contribution in [1.29, 1.82) is 0 Å². The molecule has 0 bridgehead atoms. The number of carbonyl (C=O) groups is 2. The molecule has 0 saturated carbocycles. The lowest BCUT2D eigenvalue weighted by atomic mass is 9.94. The van der Waals surface area contributed by atoms with Gasteiger partial charge in [-0.05, 0) is 12.5 Å². The van der Waals surface area contributed by atoms with Crippen LogP contribution in [0, 0.1) is 5.92 Å². The molecule has 0 saturated heterocycles. The molecule has 2 atom stereocenters. The highest BCUT2D eigenvalue weighted by molar-refractivity contribution is 7.92. The Balaban J connectivity index is 2.94. The molecule has 1 amide bonds. The van der Waals surface area contributed by atoms with Crippen molar-refractivity contribution in [2.45, 2.75) is 19.9 Å². The summed E-state index contributed by atoms with van der Waals surface area (Å²) in [6.45, 7) is 2.92. The number of carboxylic acid groups (broad SMARTS) is 1. The monoisotopic (exact) mass is 313 g/mol.